The molecule has 1 saturated carbocycles. The monoisotopic (exact) mass is 328 g/mol. The van der Waals surface area contributed by atoms with Gasteiger partial charge in [0.1, 0.15) is 23.0 Å². The maximum absolute atomic E-state index is 12.6. The Morgan fingerprint density at radius 1 is 1.42 bits per heavy atom. The molecule has 2 aliphatic rings. The number of furan rings is 1. The molecule has 1 amide bonds. The largest absolute Gasteiger partial charge is 0.466 e. The summed E-state index contributed by atoms with van der Waals surface area (Å²) in [5.74, 6) is 4.31. The summed E-state index contributed by atoms with van der Waals surface area (Å²) >= 11 is 0. The number of aromatic nitrogens is 1. The summed E-state index contributed by atoms with van der Waals surface area (Å²) in [5, 5.41) is 4.10. The maximum Gasteiger partial charge on any atom is 0.223 e. The Hall–Kier alpha value is -2.04. The van der Waals surface area contributed by atoms with E-state index in [0.29, 0.717) is 18.8 Å². The molecule has 0 bridgehead atoms. The van der Waals surface area contributed by atoms with Gasteiger partial charge in [-0.2, -0.15) is 0 Å². The van der Waals surface area contributed by atoms with E-state index in [2.05, 4.69) is 18.1 Å². The van der Waals surface area contributed by atoms with Crippen LogP contribution in [0.4, 0.5) is 0 Å². The van der Waals surface area contributed by atoms with Crippen LogP contribution in [0.25, 0.3) is 0 Å². The van der Waals surface area contributed by atoms with Gasteiger partial charge in [0.25, 0.3) is 0 Å². The van der Waals surface area contributed by atoms with Crippen LogP contribution in [0.5, 0.6) is 0 Å². The number of aryl methyl sites for hydroxylation is 2. The maximum atomic E-state index is 12.6. The first-order valence-electron chi connectivity index (χ1n) is 8.93. The quantitative estimate of drug-likeness (QED) is 0.832. The number of carbonyl (C=O) groups excluding carboxylic acids is 1. The van der Waals surface area contributed by atoms with Crippen molar-refractivity contribution in [1.29, 1.82) is 0 Å². The Labute approximate surface area is 142 Å². The number of carbonyl (C=O) groups is 1. The van der Waals surface area contributed by atoms with Crippen molar-refractivity contribution in [3.05, 3.63) is 41.2 Å². The molecular weight excluding hydrogens is 304 g/mol. The zero-order chi connectivity index (χ0) is 16.7. The highest BCUT2D eigenvalue weighted by Crippen LogP contribution is 2.47. The number of hydrogen-bond acceptors (Lipinski definition) is 4. The van der Waals surface area contributed by atoms with Crippen LogP contribution in [-0.2, 0) is 11.2 Å². The van der Waals surface area contributed by atoms with E-state index in [1.807, 2.05) is 24.0 Å². The van der Waals surface area contributed by atoms with Crippen molar-refractivity contribution >= 4 is 5.91 Å². The SMILES string of the molecule is Cc1cc(C2CCCN2C(=O)CCc2ccc(C3CC3C)o2)no1. The predicted octanol–water partition coefficient (Wildman–Crippen LogP) is 4.00. The Balaban J connectivity index is 1.36. The molecule has 0 aromatic carbocycles. The molecule has 3 atom stereocenters. The van der Waals surface area contributed by atoms with Gasteiger partial charge < -0.3 is 13.8 Å². The number of amides is 1. The molecule has 2 aromatic rings. The first-order chi connectivity index (χ1) is 11.6. The first kappa shape index (κ1) is 15.5. The molecule has 24 heavy (non-hydrogen) atoms. The molecule has 5 heteroatoms. The third-order valence-electron chi connectivity index (χ3n) is 5.30. The topological polar surface area (TPSA) is 59.5 Å². The van der Waals surface area contributed by atoms with Crippen molar-refractivity contribution in [3.63, 3.8) is 0 Å². The van der Waals surface area contributed by atoms with Gasteiger partial charge in [-0.05, 0) is 44.2 Å². The van der Waals surface area contributed by atoms with Crippen LogP contribution >= 0.6 is 0 Å². The minimum atomic E-state index is 0.0643. The smallest absolute Gasteiger partial charge is 0.223 e. The van der Waals surface area contributed by atoms with Crippen molar-refractivity contribution in [1.82, 2.24) is 10.1 Å². The lowest BCUT2D eigenvalue weighted by Crippen LogP contribution is -2.30. The zero-order valence-corrected chi connectivity index (χ0v) is 14.3. The highest BCUT2D eigenvalue weighted by molar-refractivity contribution is 5.77. The van der Waals surface area contributed by atoms with E-state index in [4.69, 9.17) is 8.94 Å². The Bertz CT molecular complexity index is 733. The Morgan fingerprint density at radius 3 is 2.96 bits per heavy atom. The molecule has 1 aliphatic carbocycles. The molecule has 5 nitrogen and oxygen atoms in total. The minimum absolute atomic E-state index is 0.0643. The van der Waals surface area contributed by atoms with Crippen LogP contribution in [0.2, 0.25) is 0 Å². The summed E-state index contributed by atoms with van der Waals surface area (Å²) in [6.07, 6.45) is 4.36. The number of rotatable bonds is 5. The number of hydrogen-bond donors (Lipinski definition) is 0. The second-order valence-corrected chi connectivity index (χ2v) is 7.23. The standard InChI is InChI=1S/C19H24N2O3/c1-12-10-15(12)18-7-5-14(23-18)6-8-19(22)21-9-3-4-17(21)16-11-13(2)24-20-16/h5,7,11-12,15,17H,3-4,6,8-10H2,1-2H3. The van der Waals surface area contributed by atoms with Crippen LogP contribution in [0.3, 0.4) is 0 Å². The number of nitrogens with zero attached hydrogens (tertiary/aromatic N) is 2. The average Bonchev–Trinajstić information content (AvgIpc) is 3.03. The van der Waals surface area contributed by atoms with E-state index in [1.165, 1.54) is 6.42 Å². The van der Waals surface area contributed by atoms with Crippen molar-refractivity contribution in [2.75, 3.05) is 6.54 Å². The minimum Gasteiger partial charge on any atom is -0.466 e. The van der Waals surface area contributed by atoms with Crippen molar-refractivity contribution in [2.45, 2.75) is 57.9 Å². The molecule has 4 rings (SSSR count). The van der Waals surface area contributed by atoms with Gasteiger partial charge in [0, 0.05) is 31.4 Å². The molecule has 2 fully saturated rings. The van der Waals surface area contributed by atoms with Gasteiger partial charge >= 0.3 is 0 Å². The summed E-state index contributed by atoms with van der Waals surface area (Å²) in [7, 11) is 0. The van der Waals surface area contributed by atoms with E-state index in [0.717, 1.165) is 48.3 Å². The van der Waals surface area contributed by atoms with Gasteiger partial charge in [0.2, 0.25) is 5.91 Å². The molecule has 3 unspecified atom stereocenters. The second-order valence-electron chi connectivity index (χ2n) is 7.23. The molecule has 1 aliphatic heterocycles. The fourth-order valence-electron chi connectivity index (χ4n) is 3.74. The summed E-state index contributed by atoms with van der Waals surface area (Å²) in [5.41, 5.74) is 0.876. The van der Waals surface area contributed by atoms with Crippen LogP contribution in [0.1, 0.15) is 67.5 Å². The molecule has 3 heterocycles. The molecule has 1 saturated heterocycles. The second kappa shape index (κ2) is 6.11. The predicted molar refractivity (Wildman–Crippen MR) is 88.5 cm³/mol. The summed E-state index contributed by atoms with van der Waals surface area (Å²) < 4.78 is 11.1. The van der Waals surface area contributed by atoms with Crippen molar-refractivity contribution < 1.29 is 13.7 Å². The van der Waals surface area contributed by atoms with E-state index in [9.17, 15) is 4.79 Å². The molecule has 2 aromatic heterocycles. The van der Waals surface area contributed by atoms with Gasteiger partial charge in [-0.15, -0.1) is 0 Å². The van der Waals surface area contributed by atoms with Crippen LogP contribution in [-0.4, -0.2) is 22.5 Å². The third kappa shape index (κ3) is 2.99. The van der Waals surface area contributed by atoms with E-state index in [1.54, 1.807) is 0 Å². The Morgan fingerprint density at radius 2 is 2.25 bits per heavy atom. The van der Waals surface area contributed by atoms with Gasteiger partial charge in [0.05, 0.1) is 6.04 Å². The summed E-state index contributed by atoms with van der Waals surface area (Å²) in [4.78, 5) is 14.6. The summed E-state index contributed by atoms with van der Waals surface area (Å²) in [6.45, 7) is 4.93. The molecule has 0 spiro atoms. The third-order valence-corrected chi connectivity index (χ3v) is 5.30. The van der Waals surface area contributed by atoms with Crippen LogP contribution in [0.15, 0.2) is 27.1 Å². The first-order valence-corrected chi connectivity index (χ1v) is 8.93. The van der Waals surface area contributed by atoms with Gasteiger partial charge in [-0.3, -0.25) is 4.79 Å². The lowest BCUT2D eigenvalue weighted by molar-refractivity contribution is -0.132. The molecule has 0 radical (unpaired) electrons. The zero-order valence-electron chi connectivity index (χ0n) is 14.3. The number of likely N-dealkylation sites (tertiary alicyclic amines) is 1. The lowest BCUT2D eigenvalue weighted by atomic mass is 10.1. The van der Waals surface area contributed by atoms with Crippen molar-refractivity contribution in [3.8, 4) is 0 Å². The molecule has 128 valence electrons. The normalized spacial score (nSPS) is 26.1. The summed E-state index contributed by atoms with van der Waals surface area (Å²) in [6, 6.07) is 6.10. The fraction of sp³-hybridized carbons (Fsp3) is 0.579. The molecule has 0 N–H and O–H groups in total. The fourth-order valence-corrected chi connectivity index (χ4v) is 3.74. The lowest BCUT2D eigenvalue weighted by Gasteiger charge is -2.22. The van der Waals surface area contributed by atoms with Gasteiger partial charge in [-0.1, -0.05) is 12.1 Å². The Kier molecular flexibility index (Phi) is 3.94. The highest BCUT2D eigenvalue weighted by atomic mass is 16.5. The highest BCUT2D eigenvalue weighted by Gasteiger charge is 2.36. The van der Waals surface area contributed by atoms with Crippen LogP contribution in [0, 0.1) is 12.8 Å². The van der Waals surface area contributed by atoms with Gasteiger partial charge in [0.15, 0.2) is 0 Å². The van der Waals surface area contributed by atoms with Crippen LogP contribution < -0.4 is 0 Å². The molecular formula is C19H24N2O3. The van der Waals surface area contributed by atoms with E-state index >= 15 is 0 Å². The van der Waals surface area contributed by atoms with E-state index < -0.39 is 0 Å². The van der Waals surface area contributed by atoms with Crippen molar-refractivity contribution in [2.24, 2.45) is 5.92 Å². The average molecular weight is 328 g/mol. The van der Waals surface area contributed by atoms with Gasteiger partial charge in [-0.25, -0.2) is 0 Å². The van der Waals surface area contributed by atoms with E-state index in [-0.39, 0.29) is 11.9 Å².